The maximum absolute atomic E-state index is 9.32. The Kier molecular flexibility index (Phi) is 8.07. The zero-order valence-corrected chi connectivity index (χ0v) is 30.1. The molecule has 0 amide bonds. The van der Waals surface area contributed by atoms with Gasteiger partial charge in [0.25, 0.3) is 0 Å². The fraction of sp³-hybridized carbons (Fsp3) is 0.146. The smallest absolute Gasteiger partial charge is 0.130 e. The minimum absolute atomic E-state index is 0.434. The molecule has 2 aromatic heterocycles. The molecule has 8 rings (SSSR count). The molecule has 2 heterocycles. The lowest BCUT2D eigenvalue weighted by atomic mass is 9.83. The summed E-state index contributed by atoms with van der Waals surface area (Å²) in [5, 5.41) is 12.9. The first kappa shape index (κ1) is 32.3. The van der Waals surface area contributed by atoms with Crippen LogP contribution >= 0.6 is 0 Å². The minimum atomic E-state index is 0.434. The highest BCUT2D eigenvalue weighted by molar-refractivity contribution is 6.17. The molecule has 0 saturated heterocycles. The van der Waals surface area contributed by atoms with Crippen LogP contribution in [0.5, 0.6) is 0 Å². The van der Waals surface area contributed by atoms with Crippen LogP contribution in [0.2, 0.25) is 0 Å². The van der Waals surface area contributed by atoms with E-state index in [0.29, 0.717) is 5.84 Å². The molecule has 0 aliphatic heterocycles. The largest absolute Gasteiger partial charge is 0.354 e. The van der Waals surface area contributed by atoms with E-state index in [0.717, 1.165) is 40.7 Å². The van der Waals surface area contributed by atoms with E-state index in [1.54, 1.807) is 0 Å². The summed E-state index contributed by atoms with van der Waals surface area (Å²) >= 11 is 0. The van der Waals surface area contributed by atoms with Gasteiger partial charge in [-0.1, -0.05) is 96.2 Å². The highest BCUT2D eigenvalue weighted by Crippen LogP contribution is 2.43. The molecule has 0 unspecified atom stereocenters. The van der Waals surface area contributed by atoms with Gasteiger partial charge in [0.1, 0.15) is 5.84 Å². The SMILES string of the molecule is C=C/C(C)=C\C(=N)n1c2ccc(-c3cc(C)ccc3C)cc2c2cc3c(cc21)-c1cc2[nH]c4c(c2cc1CC3)\C=C/C=C/C(C)=C\C=C(C)/C=C\4. The van der Waals surface area contributed by atoms with Gasteiger partial charge in [0.05, 0.1) is 11.0 Å². The van der Waals surface area contributed by atoms with Crippen LogP contribution in [0.3, 0.4) is 0 Å². The van der Waals surface area contributed by atoms with E-state index in [1.807, 2.05) is 19.1 Å². The number of aromatic amines is 1. The lowest BCUT2D eigenvalue weighted by Gasteiger charge is -2.21. The number of nitrogens with one attached hydrogen (secondary N) is 2. The molecule has 2 N–H and O–H groups in total. The van der Waals surface area contributed by atoms with E-state index in [-0.39, 0.29) is 0 Å². The van der Waals surface area contributed by atoms with Gasteiger partial charge in [-0.2, -0.15) is 0 Å². The predicted molar refractivity (Wildman–Crippen MR) is 221 cm³/mol. The highest BCUT2D eigenvalue weighted by atomic mass is 15.0. The number of aromatic nitrogens is 2. The van der Waals surface area contributed by atoms with E-state index in [4.69, 9.17) is 0 Å². The van der Waals surface area contributed by atoms with Crippen LogP contribution in [0.15, 0.2) is 133 Å². The van der Waals surface area contributed by atoms with Crippen molar-refractivity contribution in [3.05, 3.63) is 166 Å². The number of allylic oxidation sites excluding steroid dienone is 11. The van der Waals surface area contributed by atoms with Gasteiger partial charge in [0.2, 0.25) is 0 Å². The Labute approximate surface area is 300 Å². The maximum Gasteiger partial charge on any atom is 0.130 e. The van der Waals surface area contributed by atoms with Gasteiger partial charge in [-0.15, -0.1) is 0 Å². The summed E-state index contributed by atoms with van der Waals surface area (Å²) in [6, 6.07) is 22.9. The summed E-state index contributed by atoms with van der Waals surface area (Å²) in [4.78, 5) is 3.76. The molecule has 0 spiro atoms. The van der Waals surface area contributed by atoms with Gasteiger partial charge < -0.3 is 4.98 Å². The van der Waals surface area contributed by atoms with Crippen molar-refractivity contribution >= 4 is 50.7 Å². The molecule has 51 heavy (non-hydrogen) atoms. The van der Waals surface area contributed by atoms with Crippen LogP contribution in [0.25, 0.3) is 67.1 Å². The molecule has 0 atom stereocenters. The summed E-state index contributed by atoms with van der Waals surface area (Å²) in [7, 11) is 0. The van der Waals surface area contributed by atoms with Crippen molar-refractivity contribution in [3.63, 3.8) is 0 Å². The summed E-state index contributed by atoms with van der Waals surface area (Å²) in [5.41, 5.74) is 19.1. The fourth-order valence-corrected chi connectivity index (χ4v) is 7.70. The first-order valence-electron chi connectivity index (χ1n) is 17.8. The summed E-state index contributed by atoms with van der Waals surface area (Å²) in [6.07, 6.45) is 23.0. The van der Waals surface area contributed by atoms with Gasteiger partial charge in [0, 0.05) is 32.9 Å². The summed E-state index contributed by atoms with van der Waals surface area (Å²) in [6.45, 7) is 14.6. The zero-order valence-electron chi connectivity index (χ0n) is 30.1. The Balaban J connectivity index is 1.34. The highest BCUT2D eigenvalue weighted by Gasteiger charge is 2.23. The topological polar surface area (TPSA) is 44.6 Å². The second-order valence-corrected chi connectivity index (χ2v) is 14.3. The Morgan fingerprint density at radius 2 is 1.43 bits per heavy atom. The van der Waals surface area contributed by atoms with Gasteiger partial charge >= 0.3 is 0 Å². The van der Waals surface area contributed by atoms with Crippen molar-refractivity contribution in [2.45, 2.75) is 47.5 Å². The Hall–Kier alpha value is -5.93. The average Bonchev–Trinajstić information content (AvgIpc) is 3.63. The van der Waals surface area contributed by atoms with Crippen LogP contribution in [-0.2, 0) is 12.8 Å². The lowest BCUT2D eigenvalue weighted by molar-refractivity contribution is 0.946. The third-order valence-corrected chi connectivity index (χ3v) is 10.5. The number of nitrogens with zero attached hydrogens (tertiary/aromatic N) is 1. The second kappa shape index (κ2) is 12.8. The molecule has 4 aromatic carbocycles. The van der Waals surface area contributed by atoms with Crippen LogP contribution in [0, 0.1) is 19.3 Å². The van der Waals surface area contributed by atoms with Crippen molar-refractivity contribution in [3.8, 4) is 22.3 Å². The molecular weight excluding hydrogens is 619 g/mol. The van der Waals surface area contributed by atoms with E-state index in [1.165, 1.54) is 77.4 Å². The quantitative estimate of drug-likeness (QED) is 0.108. The van der Waals surface area contributed by atoms with E-state index in [9.17, 15) is 5.41 Å². The summed E-state index contributed by atoms with van der Waals surface area (Å²) < 4.78 is 2.12. The van der Waals surface area contributed by atoms with Crippen LogP contribution in [-0.4, -0.2) is 15.4 Å². The van der Waals surface area contributed by atoms with Crippen molar-refractivity contribution in [1.82, 2.24) is 9.55 Å². The molecule has 3 nitrogen and oxygen atoms in total. The fourth-order valence-electron chi connectivity index (χ4n) is 7.70. The second-order valence-electron chi connectivity index (χ2n) is 14.3. The molecule has 6 aromatic rings. The molecule has 0 bridgehead atoms. The third kappa shape index (κ3) is 5.79. The number of hydrogen-bond acceptors (Lipinski definition) is 1. The zero-order chi connectivity index (χ0) is 35.4. The van der Waals surface area contributed by atoms with Gasteiger partial charge in [-0.05, 0) is 141 Å². The van der Waals surface area contributed by atoms with E-state index in [2.05, 4.69) is 153 Å². The third-order valence-electron chi connectivity index (χ3n) is 10.5. The normalized spacial score (nSPS) is 18.4. The number of H-pyrrole nitrogens is 1. The number of benzene rings is 4. The molecule has 0 fully saturated rings. The van der Waals surface area contributed by atoms with Crippen LogP contribution in [0.1, 0.15) is 54.3 Å². The lowest BCUT2D eigenvalue weighted by Crippen LogP contribution is -2.09. The minimum Gasteiger partial charge on any atom is -0.354 e. The molecule has 2 aliphatic carbocycles. The first-order chi connectivity index (χ1) is 24.7. The van der Waals surface area contributed by atoms with Crippen molar-refractivity contribution < 1.29 is 0 Å². The number of rotatable bonds is 3. The molecular formula is C48H43N3. The van der Waals surface area contributed by atoms with E-state index >= 15 is 0 Å². The van der Waals surface area contributed by atoms with Crippen LogP contribution < -0.4 is 0 Å². The standard InChI is InChI=1S/C48H43N3/c1-7-29(2)23-48(49)51-46-21-19-34(38-22-32(5)14-16-33(38)6)25-42(46)43-26-36-18-17-35-24-41-37-11-9-8-10-30(3)12-13-31(4)15-20-44(37)50-45(41)27-39(35)40(36)28-47(43)51/h7-16,19-28,49-50H,1,17-18H2,2-6H3/b9-8?,10-8+,11-9-,13-12?,20-15-,29-23-,30-10?,30-12-,31-13-,31-15?,37-11?,44-20?,49-48?. The van der Waals surface area contributed by atoms with Crippen LogP contribution in [0.4, 0.5) is 0 Å². The Morgan fingerprint density at radius 3 is 2.22 bits per heavy atom. The van der Waals surface area contributed by atoms with Gasteiger partial charge in [-0.3, -0.25) is 9.98 Å². The molecule has 250 valence electrons. The summed E-state index contributed by atoms with van der Waals surface area (Å²) in [5.74, 6) is 0.434. The predicted octanol–water partition coefficient (Wildman–Crippen LogP) is 12.8. The molecule has 0 radical (unpaired) electrons. The van der Waals surface area contributed by atoms with Gasteiger partial charge in [0.15, 0.2) is 0 Å². The number of aryl methyl sites for hydroxylation is 4. The maximum atomic E-state index is 9.32. The molecule has 0 saturated carbocycles. The van der Waals surface area contributed by atoms with Crippen molar-refractivity contribution in [2.24, 2.45) is 0 Å². The molecule has 2 aliphatic rings. The average molecular weight is 662 g/mol. The first-order valence-corrected chi connectivity index (χ1v) is 17.8. The Bertz CT molecular complexity index is 2650. The monoisotopic (exact) mass is 661 g/mol. The Morgan fingerprint density at radius 1 is 0.725 bits per heavy atom. The number of hydrogen-bond donors (Lipinski definition) is 2. The van der Waals surface area contributed by atoms with Gasteiger partial charge in [-0.25, -0.2) is 0 Å². The van der Waals surface area contributed by atoms with Crippen molar-refractivity contribution in [2.75, 3.05) is 0 Å². The molecule has 3 heteroatoms. The number of fused-ring (bicyclic) bond motifs is 9. The van der Waals surface area contributed by atoms with E-state index < -0.39 is 0 Å². The van der Waals surface area contributed by atoms with Crippen molar-refractivity contribution in [1.29, 1.82) is 5.41 Å².